The van der Waals surface area contributed by atoms with Crippen LogP contribution in [0.25, 0.3) is 0 Å². The molecule has 0 fully saturated rings. The lowest BCUT2D eigenvalue weighted by Crippen LogP contribution is -2.19. The summed E-state index contributed by atoms with van der Waals surface area (Å²) in [5.41, 5.74) is 0. The van der Waals surface area contributed by atoms with Gasteiger partial charge in [0.05, 0.1) is 26.1 Å². The average Bonchev–Trinajstić information content (AvgIpc) is 2.16. The van der Waals surface area contributed by atoms with E-state index in [4.69, 9.17) is 19.7 Å². The molecule has 4 nitrogen and oxygen atoms in total. The van der Waals surface area contributed by atoms with Crippen LogP contribution in [0.1, 0.15) is 0 Å². The molecule has 0 bridgehead atoms. The van der Waals surface area contributed by atoms with E-state index in [1.807, 2.05) is 0 Å². The number of rotatable bonds is 8. The van der Waals surface area contributed by atoms with Crippen molar-refractivity contribution in [1.82, 2.24) is 0 Å². The maximum atomic E-state index is 8.86. The van der Waals surface area contributed by atoms with Gasteiger partial charge in [0.25, 0.3) is 0 Å². The van der Waals surface area contributed by atoms with Gasteiger partial charge in [-0.1, -0.05) is 12.7 Å². The third-order valence-corrected chi connectivity index (χ3v) is 1.14. The fourth-order valence-electron chi connectivity index (χ4n) is 0.556. The van der Waals surface area contributed by atoms with E-state index in [9.17, 15) is 0 Å². The summed E-state index contributed by atoms with van der Waals surface area (Å²) in [5, 5.41) is 17.3. The van der Waals surface area contributed by atoms with Crippen LogP contribution >= 0.6 is 0 Å². The lowest BCUT2D eigenvalue weighted by molar-refractivity contribution is 0.0146. The summed E-state index contributed by atoms with van der Waals surface area (Å²) in [6.07, 6.45) is 4.02. The first-order chi connectivity index (χ1) is 6.31. The predicted molar refractivity (Wildman–Crippen MR) is 49.2 cm³/mol. The summed E-state index contributed by atoms with van der Waals surface area (Å²) >= 11 is 0. The molecule has 13 heavy (non-hydrogen) atoms. The van der Waals surface area contributed by atoms with Gasteiger partial charge in [0.2, 0.25) is 0 Å². The lowest BCUT2D eigenvalue weighted by Gasteiger charge is -2.05. The second-order valence-corrected chi connectivity index (χ2v) is 2.37. The molecule has 0 aliphatic carbocycles. The van der Waals surface area contributed by atoms with Gasteiger partial charge in [-0.25, -0.2) is 0 Å². The Kier molecular flexibility index (Phi) is 8.65. The van der Waals surface area contributed by atoms with E-state index < -0.39 is 6.10 Å². The highest BCUT2D eigenvalue weighted by Crippen LogP contribution is 1.85. The van der Waals surface area contributed by atoms with Gasteiger partial charge in [-0.2, -0.15) is 0 Å². The topological polar surface area (TPSA) is 58.9 Å². The summed E-state index contributed by atoms with van der Waals surface area (Å²) in [5.74, 6) is 0. The van der Waals surface area contributed by atoms with Crippen LogP contribution in [0.5, 0.6) is 0 Å². The van der Waals surface area contributed by atoms with Crippen molar-refractivity contribution in [3.63, 3.8) is 0 Å². The van der Waals surface area contributed by atoms with Gasteiger partial charge >= 0.3 is 0 Å². The number of aliphatic hydroxyl groups is 2. The maximum Gasteiger partial charge on any atom is 0.105 e. The monoisotopic (exact) mass is 188 g/mol. The van der Waals surface area contributed by atoms with E-state index in [0.717, 1.165) is 0 Å². The molecule has 0 saturated heterocycles. The fraction of sp³-hybridized carbons (Fsp3) is 0.556. The first-order valence-electron chi connectivity index (χ1n) is 4.05. The minimum atomic E-state index is -0.803. The molecule has 0 aliphatic heterocycles. The van der Waals surface area contributed by atoms with Crippen LogP contribution < -0.4 is 0 Å². The molecule has 0 heterocycles. The Hall–Kier alpha value is -0.840. The summed E-state index contributed by atoms with van der Waals surface area (Å²) in [7, 11) is 0. The van der Waals surface area contributed by atoms with Gasteiger partial charge in [0.1, 0.15) is 12.7 Å². The van der Waals surface area contributed by atoms with Crippen molar-refractivity contribution in [2.75, 3.05) is 26.4 Å². The number of hydrogen-bond acceptors (Lipinski definition) is 4. The van der Waals surface area contributed by atoms with Crippen LogP contribution in [-0.2, 0) is 9.47 Å². The van der Waals surface area contributed by atoms with Gasteiger partial charge in [0, 0.05) is 0 Å². The molecular weight excluding hydrogens is 172 g/mol. The number of ether oxygens (including phenoxy) is 2. The van der Waals surface area contributed by atoms with Crippen molar-refractivity contribution < 1.29 is 19.7 Å². The molecule has 0 aliphatic rings. The molecule has 0 aromatic heterocycles. The Bertz CT molecular complexity index is 145. The van der Waals surface area contributed by atoms with Crippen LogP contribution in [0.4, 0.5) is 0 Å². The van der Waals surface area contributed by atoms with Crippen LogP contribution in [0.15, 0.2) is 25.0 Å². The average molecular weight is 188 g/mol. The zero-order valence-corrected chi connectivity index (χ0v) is 7.56. The third kappa shape index (κ3) is 9.07. The van der Waals surface area contributed by atoms with Crippen LogP contribution in [0.2, 0.25) is 0 Å². The molecule has 0 amide bonds. The van der Waals surface area contributed by atoms with Crippen LogP contribution in [0.3, 0.4) is 0 Å². The second kappa shape index (κ2) is 9.25. The normalized spacial score (nSPS) is 13.1. The molecule has 0 spiro atoms. The molecule has 76 valence electrons. The first-order valence-corrected chi connectivity index (χ1v) is 4.05. The van der Waals surface area contributed by atoms with Crippen molar-refractivity contribution in [3.8, 4) is 0 Å². The largest absolute Gasteiger partial charge is 0.497 e. The van der Waals surface area contributed by atoms with Gasteiger partial charge in [-0.15, -0.1) is 0 Å². The van der Waals surface area contributed by atoms with E-state index >= 15 is 0 Å². The SMILES string of the molecule is C=CCOC=CCOCC(O)CO. The molecule has 2 N–H and O–H groups in total. The van der Waals surface area contributed by atoms with Gasteiger partial charge in [-0.05, 0) is 6.08 Å². The number of hydrogen-bond donors (Lipinski definition) is 2. The summed E-state index contributed by atoms with van der Waals surface area (Å²) in [4.78, 5) is 0. The Balaban J connectivity index is 3.14. The van der Waals surface area contributed by atoms with Gasteiger partial charge < -0.3 is 19.7 Å². The van der Waals surface area contributed by atoms with Crippen molar-refractivity contribution in [3.05, 3.63) is 25.0 Å². The van der Waals surface area contributed by atoms with Crippen molar-refractivity contribution in [2.45, 2.75) is 6.10 Å². The zero-order valence-electron chi connectivity index (χ0n) is 7.56. The van der Waals surface area contributed by atoms with E-state index in [1.54, 1.807) is 12.2 Å². The maximum absolute atomic E-state index is 8.86. The molecule has 0 aromatic rings. The highest BCUT2D eigenvalue weighted by Gasteiger charge is 1.98. The minimum Gasteiger partial charge on any atom is -0.497 e. The lowest BCUT2D eigenvalue weighted by atomic mass is 10.4. The van der Waals surface area contributed by atoms with Gasteiger partial charge in [0.15, 0.2) is 0 Å². The van der Waals surface area contributed by atoms with Crippen LogP contribution in [-0.4, -0.2) is 42.7 Å². The standard InChI is InChI=1S/C9H16O4/c1-2-4-12-5-3-6-13-8-9(11)7-10/h2-3,5,9-11H,1,4,6-8H2. The first kappa shape index (κ1) is 12.2. The molecule has 0 radical (unpaired) electrons. The highest BCUT2D eigenvalue weighted by molar-refractivity contribution is 4.75. The Morgan fingerprint density at radius 3 is 2.77 bits per heavy atom. The van der Waals surface area contributed by atoms with Crippen molar-refractivity contribution in [1.29, 1.82) is 0 Å². The van der Waals surface area contributed by atoms with Crippen molar-refractivity contribution >= 4 is 0 Å². The smallest absolute Gasteiger partial charge is 0.105 e. The van der Waals surface area contributed by atoms with Crippen LogP contribution in [0, 0.1) is 0 Å². The highest BCUT2D eigenvalue weighted by atomic mass is 16.5. The Morgan fingerprint density at radius 1 is 1.38 bits per heavy atom. The molecule has 4 heteroatoms. The quantitative estimate of drug-likeness (QED) is 0.321. The predicted octanol–water partition coefficient (Wildman–Crippen LogP) is 0.0725. The zero-order chi connectivity index (χ0) is 9.94. The van der Waals surface area contributed by atoms with E-state index in [0.29, 0.717) is 13.2 Å². The molecule has 0 saturated carbocycles. The summed E-state index contributed by atoms with van der Waals surface area (Å²) in [6, 6.07) is 0. The Morgan fingerprint density at radius 2 is 2.15 bits per heavy atom. The van der Waals surface area contributed by atoms with Gasteiger partial charge in [-0.3, -0.25) is 0 Å². The minimum absolute atomic E-state index is 0.127. The molecular formula is C9H16O4. The van der Waals surface area contributed by atoms with E-state index in [2.05, 4.69) is 6.58 Å². The van der Waals surface area contributed by atoms with E-state index in [1.165, 1.54) is 6.26 Å². The molecule has 1 atom stereocenters. The Labute approximate surface area is 78.1 Å². The van der Waals surface area contributed by atoms with E-state index in [-0.39, 0.29) is 13.2 Å². The molecule has 0 rings (SSSR count). The molecule has 1 unspecified atom stereocenters. The number of aliphatic hydroxyl groups excluding tert-OH is 2. The summed E-state index contributed by atoms with van der Waals surface area (Å²) < 4.78 is 9.89. The molecule has 0 aromatic carbocycles. The fourth-order valence-corrected chi connectivity index (χ4v) is 0.556. The van der Waals surface area contributed by atoms with Crippen molar-refractivity contribution in [2.24, 2.45) is 0 Å². The summed E-state index contributed by atoms with van der Waals surface area (Å²) in [6.45, 7) is 4.15. The second-order valence-electron chi connectivity index (χ2n) is 2.37. The third-order valence-electron chi connectivity index (χ3n) is 1.14.